The lowest BCUT2D eigenvalue weighted by molar-refractivity contribution is -0.145. The van der Waals surface area contributed by atoms with Crippen molar-refractivity contribution in [2.24, 2.45) is 5.92 Å². The molecule has 1 aromatic heterocycles. The number of nitrogens with one attached hydrogen (secondary N) is 1. The first-order valence-electron chi connectivity index (χ1n) is 6.24. The van der Waals surface area contributed by atoms with Gasteiger partial charge in [-0.3, -0.25) is 4.79 Å². The van der Waals surface area contributed by atoms with Gasteiger partial charge in [0.2, 0.25) is 10.0 Å². The molecule has 0 aliphatic heterocycles. The van der Waals surface area contributed by atoms with Gasteiger partial charge >= 0.3 is 5.97 Å². The van der Waals surface area contributed by atoms with E-state index in [-0.39, 0.29) is 6.54 Å². The maximum atomic E-state index is 12.3. The summed E-state index contributed by atoms with van der Waals surface area (Å²) in [5.74, 6) is -1.01. The number of halogens is 1. The van der Waals surface area contributed by atoms with Gasteiger partial charge in [0.15, 0.2) is 0 Å². The Bertz CT molecular complexity index is 584. The average Bonchev–Trinajstić information content (AvgIpc) is 3.04. The molecule has 1 saturated carbocycles. The van der Waals surface area contributed by atoms with Crippen molar-refractivity contribution in [3.8, 4) is 0 Å². The summed E-state index contributed by atoms with van der Waals surface area (Å²) in [4.78, 5) is 12.5. The number of carbonyl (C=O) groups is 1. The number of esters is 1. The molecule has 1 fully saturated rings. The second-order valence-electron chi connectivity index (χ2n) is 4.67. The highest BCUT2D eigenvalue weighted by molar-refractivity contribution is 7.90. The van der Waals surface area contributed by atoms with Crippen LogP contribution in [0.15, 0.2) is 12.1 Å². The van der Waals surface area contributed by atoms with Crippen molar-refractivity contribution in [2.45, 2.75) is 31.1 Å². The van der Waals surface area contributed by atoms with Gasteiger partial charge in [-0.2, -0.15) is 0 Å². The van der Waals surface area contributed by atoms with E-state index in [2.05, 4.69) is 9.46 Å². The molecule has 1 aromatic rings. The van der Waals surface area contributed by atoms with Crippen LogP contribution in [0, 0.1) is 5.92 Å². The van der Waals surface area contributed by atoms with E-state index in [0.29, 0.717) is 17.2 Å². The molecule has 2 rings (SSSR count). The summed E-state index contributed by atoms with van der Waals surface area (Å²) in [7, 11) is -2.26. The van der Waals surface area contributed by atoms with Crippen LogP contribution in [0.25, 0.3) is 0 Å². The lowest BCUT2D eigenvalue weighted by Crippen LogP contribution is -2.39. The van der Waals surface area contributed by atoms with Crippen molar-refractivity contribution >= 4 is 38.9 Å². The normalized spacial score (nSPS) is 22.9. The molecule has 112 valence electrons. The third-order valence-electron chi connectivity index (χ3n) is 3.43. The zero-order valence-corrected chi connectivity index (χ0v) is 13.4. The van der Waals surface area contributed by atoms with Crippen LogP contribution in [0.5, 0.6) is 0 Å². The van der Waals surface area contributed by atoms with Gasteiger partial charge in [0, 0.05) is 11.4 Å². The van der Waals surface area contributed by atoms with Gasteiger partial charge in [0.25, 0.3) is 0 Å². The molecule has 0 amide bonds. The second kappa shape index (κ2) is 6.43. The fourth-order valence-electron chi connectivity index (χ4n) is 2.44. The molecule has 8 heteroatoms. The standard InChI is InChI=1S/C12H16ClNO4S2/c1-18-12(15)9-3-2-4-10(9)20(16,17)14-7-8-5-6-11(13)19-8/h5-6,9-10,14H,2-4,7H2,1H3. The minimum atomic E-state index is -3.54. The molecule has 0 spiro atoms. The molecule has 1 N–H and O–H groups in total. The number of carbonyl (C=O) groups excluding carboxylic acids is 1. The fraction of sp³-hybridized carbons (Fsp3) is 0.583. The Morgan fingerprint density at radius 1 is 1.50 bits per heavy atom. The lowest BCUT2D eigenvalue weighted by Gasteiger charge is -2.18. The van der Waals surface area contributed by atoms with E-state index in [1.807, 2.05) is 0 Å². The van der Waals surface area contributed by atoms with Crippen molar-refractivity contribution < 1.29 is 17.9 Å². The molecule has 1 heterocycles. The number of hydrogen-bond donors (Lipinski definition) is 1. The summed E-state index contributed by atoms with van der Waals surface area (Å²) >= 11 is 7.13. The Labute approximate surface area is 127 Å². The van der Waals surface area contributed by atoms with Crippen molar-refractivity contribution in [3.63, 3.8) is 0 Å². The maximum Gasteiger partial charge on any atom is 0.310 e. The summed E-state index contributed by atoms with van der Waals surface area (Å²) < 4.78 is 32.4. The van der Waals surface area contributed by atoms with E-state index in [1.165, 1.54) is 18.4 Å². The Kier molecular flexibility index (Phi) is 5.06. The molecule has 5 nitrogen and oxygen atoms in total. The van der Waals surface area contributed by atoms with Crippen molar-refractivity contribution in [3.05, 3.63) is 21.3 Å². The first-order chi connectivity index (χ1) is 9.44. The first kappa shape index (κ1) is 15.8. The first-order valence-corrected chi connectivity index (χ1v) is 8.98. The molecule has 1 aliphatic carbocycles. The van der Waals surface area contributed by atoms with Gasteiger partial charge in [-0.25, -0.2) is 13.1 Å². The summed E-state index contributed by atoms with van der Waals surface area (Å²) in [6, 6.07) is 3.50. The Balaban J connectivity index is 2.04. The van der Waals surface area contributed by atoms with Crippen molar-refractivity contribution in [1.82, 2.24) is 4.72 Å². The maximum absolute atomic E-state index is 12.3. The van der Waals surface area contributed by atoms with E-state index < -0.39 is 27.2 Å². The van der Waals surface area contributed by atoms with Crippen LogP contribution in [-0.4, -0.2) is 26.7 Å². The monoisotopic (exact) mass is 337 g/mol. The highest BCUT2D eigenvalue weighted by Crippen LogP contribution is 2.32. The number of hydrogen-bond acceptors (Lipinski definition) is 5. The van der Waals surface area contributed by atoms with Gasteiger partial charge in [0.05, 0.1) is 22.6 Å². The van der Waals surface area contributed by atoms with E-state index in [4.69, 9.17) is 11.6 Å². The number of sulfonamides is 1. The van der Waals surface area contributed by atoms with Gasteiger partial charge < -0.3 is 4.74 Å². The van der Waals surface area contributed by atoms with E-state index in [1.54, 1.807) is 12.1 Å². The second-order valence-corrected chi connectivity index (χ2v) is 8.45. The molecular formula is C12H16ClNO4S2. The van der Waals surface area contributed by atoms with E-state index in [0.717, 1.165) is 11.3 Å². The molecule has 1 aliphatic rings. The zero-order chi connectivity index (χ0) is 14.8. The minimum Gasteiger partial charge on any atom is -0.469 e. The quantitative estimate of drug-likeness (QED) is 0.836. The highest BCUT2D eigenvalue weighted by atomic mass is 35.5. The Morgan fingerprint density at radius 3 is 2.85 bits per heavy atom. The molecule has 2 unspecified atom stereocenters. The van der Waals surface area contributed by atoms with E-state index >= 15 is 0 Å². The molecule has 2 atom stereocenters. The van der Waals surface area contributed by atoms with Crippen LogP contribution in [0.4, 0.5) is 0 Å². The van der Waals surface area contributed by atoms with E-state index in [9.17, 15) is 13.2 Å². The summed E-state index contributed by atoms with van der Waals surface area (Å²) in [5, 5.41) is -0.703. The number of ether oxygens (including phenoxy) is 1. The van der Waals surface area contributed by atoms with Crippen LogP contribution in [0.1, 0.15) is 24.1 Å². The Hall–Kier alpha value is -0.630. The smallest absolute Gasteiger partial charge is 0.310 e. The van der Waals surface area contributed by atoms with Crippen molar-refractivity contribution in [2.75, 3.05) is 7.11 Å². The van der Waals surface area contributed by atoms with Gasteiger partial charge in [0.1, 0.15) is 0 Å². The third kappa shape index (κ3) is 3.52. The third-order valence-corrected chi connectivity index (χ3v) is 6.57. The van der Waals surface area contributed by atoms with Crippen LogP contribution in [0.2, 0.25) is 4.34 Å². The van der Waals surface area contributed by atoms with Crippen molar-refractivity contribution in [1.29, 1.82) is 0 Å². The summed E-state index contributed by atoms with van der Waals surface area (Å²) in [6.45, 7) is 0.199. The molecule has 0 aromatic carbocycles. The summed E-state index contributed by atoms with van der Waals surface area (Å²) in [5.41, 5.74) is 0. The predicted molar refractivity (Wildman–Crippen MR) is 78.2 cm³/mol. The van der Waals surface area contributed by atoms with Crippen LogP contribution in [0.3, 0.4) is 0 Å². The number of methoxy groups -OCH3 is 1. The fourth-order valence-corrected chi connectivity index (χ4v) is 5.29. The van der Waals surface area contributed by atoms with Gasteiger partial charge in [-0.15, -0.1) is 11.3 Å². The Morgan fingerprint density at radius 2 is 2.25 bits per heavy atom. The number of rotatable bonds is 5. The van der Waals surface area contributed by atoms with Crippen LogP contribution in [-0.2, 0) is 26.1 Å². The highest BCUT2D eigenvalue weighted by Gasteiger charge is 2.42. The topological polar surface area (TPSA) is 72.5 Å². The SMILES string of the molecule is COC(=O)C1CCCC1S(=O)(=O)NCc1ccc(Cl)s1. The summed E-state index contributed by atoms with van der Waals surface area (Å²) in [6.07, 6.45) is 1.76. The minimum absolute atomic E-state index is 0.199. The van der Waals surface area contributed by atoms with Gasteiger partial charge in [-0.1, -0.05) is 18.0 Å². The number of thiophene rings is 1. The molecule has 0 saturated heterocycles. The van der Waals surface area contributed by atoms with Crippen LogP contribution < -0.4 is 4.72 Å². The molecule has 20 heavy (non-hydrogen) atoms. The molecular weight excluding hydrogens is 322 g/mol. The molecule has 0 bridgehead atoms. The molecule has 0 radical (unpaired) electrons. The largest absolute Gasteiger partial charge is 0.469 e. The average molecular weight is 338 g/mol. The van der Waals surface area contributed by atoms with Crippen LogP contribution >= 0.6 is 22.9 Å². The van der Waals surface area contributed by atoms with Gasteiger partial charge in [-0.05, 0) is 25.0 Å². The lowest BCUT2D eigenvalue weighted by atomic mass is 10.1. The zero-order valence-electron chi connectivity index (χ0n) is 11.0. The predicted octanol–water partition coefficient (Wildman–Crippen LogP) is 2.16.